The summed E-state index contributed by atoms with van der Waals surface area (Å²) < 4.78 is 16.9. The molecule has 0 amide bonds. The van der Waals surface area contributed by atoms with Crippen LogP contribution in [0.1, 0.15) is 335 Å². The van der Waals surface area contributed by atoms with E-state index in [1.807, 2.05) is 0 Å². The standard InChI is InChI=1S/C70H124O6/c1-4-7-10-13-16-19-22-25-28-30-31-32-33-34-35-36-37-38-39-40-43-45-48-51-54-57-60-63-69(72)75-66-67(65-74-68(71)62-59-56-53-50-47-44-41-27-24-21-18-15-12-9-6-3)76-70(73)64-61-58-55-52-49-46-42-29-26-23-20-17-14-11-8-5-2/h9,12,18,21-22,25,27,30-31,41,47,50,67H,4-8,10-11,13-17,19-20,23-24,26,28-29,32-40,42-46,48-49,51-66H2,1-3H3/b12-9-,21-18-,25-22-,31-30-,41-27-,50-47-. The second-order valence-electron chi connectivity index (χ2n) is 22.0. The van der Waals surface area contributed by atoms with Gasteiger partial charge < -0.3 is 14.2 Å². The maximum atomic E-state index is 12.9. The van der Waals surface area contributed by atoms with Gasteiger partial charge in [0.15, 0.2) is 6.10 Å². The van der Waals surface area contributed by atoms with Crippen molar-refractivity contribution in [1.82, 2.24) is 0 Å². The third kappa shape index (κ3) is 61.7. The van der Waals surface area contributed by atoms with Crippen molar-refractivity contribution >= 4 is 17.9 Å². The third-order valence-electron chi connectivity index (χ3n) is 14.4. The number of ether oxygens (including phenoxy) is 3. The normalized spacial score (nSPS) is 12.5. The van der Waals surface area contributed by atoms with E-state index in [0.29, 0.717) is 19.3 Å². The minimum atomic E-state index is -0.791. The number of carbonyl (C=O) groups is 3. The summed E-state index contributed by atoms with van der Waals surface area (Å²) in [5.74, 6) is -0.911. The van der Waals surface area contributed by atoms with Crippen molar-refractivity contribution in [2.75, 3.05) is 13.2 Å². The Morgan fingerprint density at radius 2 is 0.513 bits per heavy atom. The Bertz CT molecular complexity index is 1400. The number of hydrogen-bond donors (Lipinski definition) is 0. The fraction of sp³-hybridized carbons (Fsp3) is 0.786. The van der Waals surface area contributed by atoms with Gasteiger partial charge in [0.25, 0.3) is 0 Å². The smallest absolute Gasteiger partial charge is 0.306 e. The highest BCUT2D eigenvalue weighted by molar-refractivity contribution is 5.71. The molecule has 0 aromatic heterocycles. The van der Waals surface area contributed by atoms with Gasteiger partial charge in [0.1, 0.15) is 13.2 Å². The zero-order chi connectivity index (χ0) is 55.0. The Labute approximate surface area is 472 Å². The van der Waals surface area contributed by atoms with Gasteiger partial charge in [-0.3, -0.25) is 14.4 Å². The summed E-state index contributed by atoms with van der Waals surface area (Å²) in [5.41, 5.74) is 0. The molecular formula is C70H124O6. The highest BCUT2D eigenvalue weighted by Crippen LogP contribution is 2.17. The van der Waals surface area contributed by atoms with Gasteiger partial charge in [-0.05, 0) is 89.9 Å². The van der Waals surface area contributed by atoms with E-state index in [9.17, 15) is 14.4 Å². The molecule has 0 radical (unpaired) electrons. The van der Waals surface area contributed by atoms with Crippen molar-refractivity contribution in [3.05, 3.63) is 72.9 Å². The number of allylic oxidation sites excluding steroid dienone is 12. The first-order chi connectivity index (χ1) is 37.5. The number of hydrogen-bond acceptors (Lipinski definition) is 6. The lowest BCUT2D eigenvalue weighted by Gasteiger charge is -2.18. The molecule has 0 aliphatic heterocycles. The van der Waals surface area contributed by atoms with E-state index >= 15 is 0 Å². The molecule has 0 N–H and O–H groups in total. The summed E-state index contributed by atoms with van der Waals surface area (Å²) in [7, 11) is 0. The van der Waals surface area contributed by atoms with Crippen LogP contribution in [0.3, 0.4) is 0 Å². The average molecular weight is 1060 g/mol. The SMILES string of the molecule is CC/C=C\C/C=C\C/C=C\C/C=C\CCCCC(=O)OCC(COC(=O)CCCCCCCCCCCCCCCCC/C=C\C/C=C\CCCCCCC)OC(=O)CCCCCCCCCCCCCCCCCC. The topological polar surface area (TPSA) is 78.9 Å². The lowest BCUT2D eigenvalue weighted by molar-refractivity contribution is -0.167. The van der Waals surface area contributed by atoms with E-state index in [1.165, 1.54) is 205 Å². The molecule has 0 aliphatic rings. The number of rotatable bonds is 60. The van der Waals surface area contributed by atoms with Gasteiger partial charge in [0.2, 0.25) is 0 Å². The monoisotopic (exact) mass is 1060 g/mol. The molecule has 0 aromatic rings. The molecule has 0 spiro atoms. The molecule has 0 fully saturated rings. The van der Waals surface area contributed by atoms with E-state index in [-0.39, 0.29) is 31.1 Å². The minimum Gasteiger partial charge on any atom is -0.462 e. The van der Waals surface area contributed by atoms with Crippen LogP contribution in [-0.4, -0.2) is 37.2 Å². The average Bonchev–Trinajstić information content (AvgIpc) is 3.42. The molecule has 6 nitrogen and oxygen atoms in total. The highest BCUT2D eigenvalue weighted by atomic mass is 16.6. The quantitative estimate of drug-likeness (QED) is 0.0261. The molecule has 0 saturated heterocycles. The molecule has 1 unspecified atom stereocenters. The predicted octanol–water partition coefficient (Wildman–Crippen LogP) is 22.5. The first-order valence-corrected chi connectivity index (χ1v) is 32.9. The fourth-order valence-electron chi connectivity index (χ4n) is 9.53. The summed E-state index contributed by atoms with van der Waals surface area (Å²) >= 11 is 0. The van der Waals surface area contributed by atoms with Crippen LogP contribution < -0.4 is 0 Å². The van der Waals surface area contributed by atoms with Gasteiger partial charge in [-0.1, -0.05) is 299 Å². The van der Waals surface area contributed by atoms with Crippen LogP contribution in [-0.2, 0) is 28.6 Å². The molecule has 0 saturated carbocycles. The van der Waals surface area contributed by atoms with E-state index in [0.717, 1.165) is 89.9 Å². The number of carbonyl (C=O) groups excluding carboxylic acids is 3. The zero-order valence-corrected chi connectivity index (χ0v) is 50.5. The van der Waals surface area contributed by atoms with Gasteiger partial charge in [0, 0.05) is 19.3 Å². The highest BCUT2D eigenvalue weighted by Gasteiger charge is 2.19. The zero-order valence-electron chi connectivity index (χ0n) is 50.5. The van der Waals surface area contributed by atoms with Gasteiger partial charge in [-0.2, -0.15) is 0 Å². The Hall–Kier alpha value is -3.15. The van der Waals surface area contributed by atoms with E-state index in [1.54, 1.807) is 0 Å². The van der Waals surface area contributed by atoms with Crippen LogP contribution in [0.25, 0.3) is 0 Å². The van der Waals surface area contributed by atoms with E-state index in [2.05, 4.69) is 93.7 Å². The van der Waals surface area contributed by atoms with Crippen LogP contribution in [0.2, 0.25) is 0 Å². The molecule has 0 heterocycles. The Morgan fingerprint density at radius 1 is 0.276 bits per heavy atom. The van der Waals surface area contributed by atoms with Crippen molar-refractivity contribution in [3.63, 3.8) is 0 Å². The first kappa shape index (κ1) is 72.8. The van der Waals surface area contributed by atoms with Crippen LogP contribution in [0.5, 0.6) is 0 Å². The molecule has 6 heteroatoms. The van der Waals surface area contributed by atoms with Crippen molar-refractivity contribution in [1.29, 1.82) is 0 Å². The first-order valence-electron chi connectivity index (χ1n) is 32.9. The van der Waals surface area contributed by atoms with Crippen molar-refractivity contribution in [2.45, 2.75) is 341 Å². The second kappa shape index (κ2) is 64.4. The summed E-state index contributed by atoms with van der Waals surface area (Å²) in [6.07, 6.45) is 83.5. The lowest BCUT2D eigenvalue weighted by Crippen LogP contribution is -2.30. The molecule has 440 valence electrons. The van der Waals surface area contributed by atoms with Crippen molar-refractivity contribution in [3.8, 4) is 0 Å². The van der Waals surface area contributed by atoms with Gasteiger partial charge in [0.05, 0.1) is 0 Å². The third-order valence-corrected chi connectivity index (χ3v) is 14.4. The molecule has 1 atom stereocenters. The Kier molecular flexibility index (Phi) is 61.7. The van der Waals surface area contributed by atoms with E-state index < -0.39 is 6.10 Å². The lowest BCUT2D eigenvalue weighted by atomic mass is 10.0. The summed E-state index contributed by atoms with van der Waals surface area (Å²) in [5, 5.41) is 0. The van der Waals surface area contributed by atoms with Crippen LogP contribution in [0.4, 0.5) is 0 Å². The maximum Gasteiger partial charge on any atom is 0.306 e. The van der Waals surface area contributed by atoms with Crippen molar-refractivity contribution in [2.24, 2.45) is 0 Å². The molecule has 0 aliphatic carbocycles. The molecular weight excluding hydrogens is 937 g/mol. The number of esters is 3. The molecule has 0 bridgehead atoms. The van der Waals surface area contributed by atoms with Crippen LogP contribution >= 0.6 is 0 Å². The summed E-state index contributed by atoms with van der Waals surface area (Å²) in [6, 6.07) is 0. The van der Waals surface area contributed by atoms with Gasteiger partial charge in [-0.15, -0.1) is 0 Å². The largest absolute Gasteiger partial charge is 0.462 e. The second-order valence-corrected chi connectivity index (χ2v) is 22.0. The maximum absolute atomic E-state index is 12.9. The molecule has 76 heavy (non-hydrogen) atoms. The van der Waals surface area contributed by atoms with Crippen LogP contribution in [0, 0.1) is 0 Å². The summed E-state index contributed by atoms with van der Waals surface area (Å²) in [4.78, 5) is 38.3. The Balaban J connectivity index is 4.28. The molecule has 0 aromatic carbocycles. The predicted molar refractivity (Wildman–Crippen MR) is 330 cm³/mol. The summed E-state index contributed by atoms with van der Waals surface area (Å²) in [6.45, 7) is 6.53. The van der Waals surface area contributed by atoms with Gasteiger partial charge in [-0.25, -0.2) is 0 Å². The minimum absolute atomic E-state index is 0.0850. The van der Waals surface area contributed by atoms with Crippen LogP contribution in [0.15, 0.2) is 72.9 Å². The van der Waals surface area contributed by atoms with Crippen molar-refractivity contribution < 1.29 is 28.6 Å². The molecule has 0 rings (SSSR count). The fourth-order valence-corrected chi connectivity index (χ4v) is 9.53. The Morgan fingerprint density at radius 3 is 0.829 bits per heavy atom. The number of unbranched alkanes of at least 4 members (excludes halogenated alkanes) is 37. The van der Waals surface area contributed by atoms with E-state index in [4.69, 9.17) is 14.2 Å². The van der Waals surface area contributed by atoms with Gasteiger partial charge >= 0.3 is 17.9 Å².